The first-order chi connectivity index (χ1) is 9.65. The molecular formula is C14H13N3O3. The minimum atomic E-state index is -1.02. The second kappa shape index (κ2) is 4.80. The molecule has 2 aromatic rings. The van der Waals surface area contributed by atoms with E-state index in [1.54, 1.807) is 17.1 Å². The van der Waals surface area contributed by atoms with Gasteiger partial charge in [0.05, 0.1) is 11.9 Å². The molecular weight excluding hydrogens is 258 g/mol. The summed E-state index contributed by atoms with van der Waals surface area (Å²) < 4.78 is 1.68. The first kappa shape index (κ1) is 12.4. The van der Waals surface area contributed by atoms with Crippen LogP contribution in [0.1, 0.15) is 17.9 Å². The standard InChI is InChI=1S/C14H13N3O3/c18-12-6-11(13(16-12)14(19)20)9-7-15-17(8-9)10-4-2-1-3-5-10/h1-5,7-8,11,13H,6H2,(H,16,18)(H,19,20). The predicted octanol–water partition coefficient (Wildman–Crippen LogP) is 0.929. The zero-order valence-electron chi connectivity index (χ0n) is 10.6. The van der Waals surface area contributed by atoms with Gasteiger partial charge in [-0.3, -0.25) is 4.79 Å². The number of benzene rings is 1. The number of carbonyl (C=O) groups is 2. The first-order valence-electron chi connectivity index (χ1n) is 6.27. The number of amides is 1. The quantitative estimate of drug-likeness (QED) is 0.869. The third kappa shape index (κ3) is 2.16. The highest BCUT2D eigenvalue weighted by Gasteiger charge is 2.39. The molecule has 2 N–H and O–H groups in total. The number of hydrogen-bond acceptors (Lipinski definition) is 3. The van der Waals surface area contributed by atoms with Gasteiger partial charge in [-0.2, -0.15) is 5.10 Å². The molecule has 2 atom stereocenters. The summed E-state index contributed by atoms with van der Waals surface area (Å²) in [6.07, 6.45) is 3.57. The number of para-hydroxylation sites is 1. The average molecular weight is 271 g/mol. The van der Waals surface area contributed by atoms with Crippen LogP contribution in [0, 0.1) is 0 Å². The average Bonchev–Trinajstić information content (AvgIpc) is 3.06. The fourth-order valence-electron chi connectivity index (χ4n) is 2.44. The maximum absolute atomic E-state index is 11.4. The van der Waals surface area contributed by atoms with Crippen LogP contribution in [0.3, 0.4) is 0 Å². The van der Waals surface area contributed by atoms with Crippen LogP contribution in [0.5, 0.6) is 0 Å². The lowest BCUT2D eigenvalue weighted by Crippen LogP contribution is -2.35. The van der Waals surface area contributed by atoms with Crippen molar-refractivity contribution in [2.75, 3.05) is 0 Å². The zero-order valence-corrected chi connectivity index (χ0v) is 10.6. The van der Waals surface area contributed by atoms with E-state index in [1.165, 1.54) is 0 Å². The van der Waals surface area contributed by atoms with Crippen LogP contribution in [0.2, 0.25) is 0 Å². The Balaban J connectivity index is 1.90. The van der Waals surface area contributed by atoms with Crippen LogP contribution >= 0.6 is 0 Å². The van der Waals surface area contributed by atoms with Crippen molar-refractivity contribution in [1.82, 2.24) is 15.1 Å². The summed E-state index contributed by atoms with van der Waals surface area (Å²) in [6.45, 7) is 0. The maximum Gasteiger partial charge on any atom is 0.326 e. The molecule has 3 rings (SSSR count). The van der Waals surface area contributed by atoms with Gasteiger partial charge in [-0.1, -0.05) is 18.2 Å². The molecule has 0 bridgehead atoms. The second-order valence-corrected chi connectivity index (χ2v) is 4.75. The zero-order chi connectivity index (χ0) is 14.1. The molecule has 2 unspecified atom stereocenters. The highest BCUT2D eigenvalue weighted by molar-refractivity contribution is 5.89. The number of carbonyl (C=O) groups excluding carboxylic acids is 1. The Bertz CT molecular complexity index is 651. The van der Waals surface area contributed by atoms with Gasteiger partial charge in [-0.25, -0.2) is 9.48 Å². The van der Waals surface area contributed by atoms with Crippen molar-refractivity contribution in [3.05, 3.63) is 48.3 Å². The molecule has 1 fully saturated rings. The number of aliphatic carboxylic acids is 1. The molecule has 1 aliphatic heterocycles. The fourth-order valence-corrected chi connectivity index (χ4v) is 2.44. The van der Waals surface area contributed by atoms with Gasteiger partial charge in [0.25, 0.3) is 0 Å². The molecule has 0 radical (unpaired) electrons. The van der Waals surface area contributed by atoms with Crippen molar-refractivity contribution in [1.29, 1.82) is 0 Å². The van der Waals surface area contributed by atoms with Crippen LogP contribution in [-0.4, -0.2) is 32.8 Å². The third-order valence-corrected chi connectivity index (χ3v) is 3.44. The van der Waals surface area contributed by atoms with E-state index < -0.39 is 12.0 Å². The minimum Gasteiger partial charge on any atom is -0.480 e. The summed E-state index contributed by atoms with van der Waals surface area (Å²) in [4.78, 5) is 22.6. The topological polar surface area (TPSA) is 84.2 Å². The van der Waals surface area contributed by atoms with Crippen molar-refractivity contribution in [3.8, 4) is 5.69 Å². The lowest BCUT2D eigenvalue weighted by molar-refractivity contribution is -0.140. The molecule has 0 spiro atoms. The number of nitrogens with zero attached hydrogens (tertiary/aromatic N) is 2. The van der Waals surface area contributed by atoms with Gasteiger partial charge in [-0.05, 0) is 17.7 Å². The number of carboxylic acids is 1. The van der Waals surface area contributed by atoms with Gasteiger partial charge in [0, 0.05) is 18.5 Å². The number of nitrogens with one attached hydrogen (secondary N) is 1. The molecule has 2 heterocycles. The summed E-state index contributed by atoms with van der Waals surface area (Å²) in [5.41, 5.74) is 1.64. The lowest BCUT2D eigenvalue weighted by Gasteiger charge is -2.12. The smallest absolute Gasteiger partial charge is 0.326 e. The van der Waals surface area contributed by atoms with E-state index in [9.17, 15) is 9.59 Å². The summed E-state index contributed by atoms with van der Waals surface area (Å²) >= 11 is 0. The Morgan fingerprint density at radius 1 is 1.35 bits per heavy atom. The summed E-state index contributed by atoms with van der Waals surface area (Å²) in [6, 6.07) is 8.64. The van der Waals surface area contributed by atoms with E-state index in [2.05, 4.69) is 10.4 Å². The van der Waals surface area contributed by atoms with Crippen molar-refractivity contribution < 1.29 is 14.7 Å². The number of hydrogen-bond donors (Lipinski definition) is 2. The molecule has 1 aliphatic rings. The molecule has 20 heavy (non-hydrogen) atoms. The highest BCUT2D eigenvalue weighted by atomic mass is 16.4. The SMILES string of the molecule is O=C1CC(c2cnn(-c3ccccc3)c2)C(C(=O)O)N1. The highest BCUT2D eigenvalue weighted by Crippen LogP contribution is 2.28. The molecule has 1 saturated heterocycles. The Hall–Kier alpha value is -2.63. The number of rotatable bonds is 3. The van der Waals surface area contributed by atoms with Crippen molar-refractivity contribution in [2.24, 2.45) is 0 Å². The Kier molecular flexibility index (Phi) is 2.98. The van der Waals surface area contributed by atoms with Gasteiger partial charge in [0.1, 0.15) is 6.04 Å². The Labute approximate surface area is 115 Å². The molecule has 102 valence electrons. The van der Waals surface area contributed by atoms with E-state index in [1.807, 2.05) is 30.3 Å². The van der Waals surface area contributed by atoms with Gasteiger partial charge >= 0.3 is 5.97 Å². The van der Waals surface area contributed by atoms with Crippen LogP contribution < -0.4 is 5.32 Å². The number of carboxylic acid groups (broad SMARTS) is 1. The first-order valence-corrected chi connectivity index (χ1v) is 6.27. The second-order valence-electron chi connectivity index (χ2n) is 4.75. The maximum atomic E-state index is 11.4. The summed E-state index contributed by atoms with van der Waals surface area (Å²) in [5, 5.41) is 15.9. The van der Waals surface area contributed by atoms with Gasteiger partial charge in [-0.15, -0.1) is 0 Å². The molecule has 1 aromatic carbocycles. The van der Waals surface area contributed by atoms with Crippen molar-refractivity contribution in [2.45, 2.75) is 18.4 Å². The predicted molar refractivity (Wildman–Crippen MR) is 70.5 cm³/mol. The van der Waals surface area contributed by atoms with Crippen LogP contribution in [0.4, 0.5) is 0 Å². The Morgan fingerprint density at radius 3 is 2.80 bits per heavy atom. The molecule has 6 nitrogen and oxygen atoms in total. The Morgan fingerprint density at radius 2 is 2.10 bits per heavy atom. The van der Waals surface area contributed by atoms with E-state index in [4.69, 9.17) is 5.11 Å². The van der Waals surface area contributed by atoms with E-state index in [0.29, 0.717) is 0 Å². The molecule has 1 amide bonds. The molecule has 1 aromatic heterocycles. The number of aromatic nitrogens is 2. The van der Waals surface area contributed by atoms with E-state index >= 15 is 0 Å². The van der Waals surface area contributed by atoms with Crippen molar-refractivity contribution >= 4 is 11.9 Å². The van der Waals surface area contributed by atoms with Gasteiger partial charge in [0.2, 0.25) is 5.91 Å². The van der Waals surface area contributed by atoms with Crippen LogP contribution in [-0.2, 0) is 9.59 Å². The molecule has 6 heteroatoms. The van der Waals surface area contributed by atoms with Gasteiger partial charge < -0.3 is 10.4 Å². The monoisotopic (exact) mass is 271 g/mol. The fraction of sp³-hybridized carbons (Fsp3) is 0.214. The normalized spacial score (nSPS) is 21.7. The lowest BCUT2D eigenvalue weighted by atomic mass is 9.94. The minimum absolute atomic E-state index is 0.178. The van der Waals surface area contributed by atoms with E-state index in [0.717, 1.165) is 11.3 Å². The van der Waals surface area contributed by atoms with Crippen molar-refractivity contribution in [3.63, 3.8) is 0 Å². The van der Waals surface area contributed by atoms with Gasteiger partial charge in [0.15, 0.2) is 0 Å². The largest absolute Gasteiger partial charge is 0.480 e. The molecule has 0 aliphatic carbocycles. The van der Waals surface area contributed by atoms with Crippen LogP contribution in [0.15, 0.2) is 42.7 Å². The summed E-state index contributed by atoms with van der Waals surface area (Å²) in [7, 11) is 0. The van der Waals surface area contributed by atoms with Crippen LogP contribution in [0.25, 0.3) is 5.69 Å². The summed E-state index contributed by atoms with van der Waals surface area (Å²) in [5.74, 6) is -1.64. The molecule has 0 saturated carbocycles. The third-order valence-electron chi connectivity index (χ3n) is 3.44. The van der Waals surface area contributed by atoms with E-state index in [-0.39, 0.29) is 18.2 Å².